The molecule has 0 aliphatic heterocycles. The Hall–Kier alpha value is -0.800. The molecule has 0 saturated heterocycles. The van der Waals surface area contributed by atoms with Crippen molar-refractivity contribution in [1.29, 1.82) is 0 Å². The van der Waals surface area contributed by atoms with E-state index >= 15 is 0 Å². The molecule has 0 N–H and O–H groups in total. The van der Waals surface area contributed by atoms with Crippen LogP contribution in [0.1, 0.15) is 46.5 Å². The van der Waals surface area contributed by atoms with Crippen LogP contribution in [0.3, 0.4) is 0 Å². The van der Waals surface area contributed by atoms with Gasteiger partial charge in [0.15, 0.2) is 22.0 Å². The van der Waals surface area contributed by atoms with E-state index in [-0.39, 0.29) is 19.4 Å². The summed E-state index contributed by atoms with van der Waals surface area (Å²) in [6.07, 6.45) is 2.64. The molecule has 0 amide bonds. The first kappa shape index (κ1) is 21.2. The highest BCUT2D eigenvalue weighted by Gasteiger charge is 2.17. The molecule has 0 aromatic carbocycles. The zero-order chi connectivity index (χ0) is 17.1. The van der Waals surface area contributed by atoms with Gasteiger partial charge in [-0.3, -0.25) is 18.0 Å². The van der Waals surface area contributed by atoms with Crippen molar-refractivity contribution in [2.45, 2.75) is 57.3 Å². The van der Waals surface area contributed by atoms with Crippen LogP contribution in [0.25, 0.3) is 0 Å². The predicted molar refractivity (Wildman–Crippen MR) is 83.4 cm³/mol. The molecule has 9 heteroatoms. The van der Waals surface area contributed by atoms with Gasteiger partial charge >= 0.3 is 11.9 Å². The van der Waals surface area contributed by atoms with Crippen LogP contribution in [0, 0.1) is 0 Å². The SMILES string of the molecule is CCOS(=O)C(C)OC(=O)CCCCC(=O)OC(C)S(C)=O. The van der Waals surface area contributed by atoms with Crippen LogP contribution >= 0.6 is 0 Å². The Kier molecular flexibility index (Phi) is 11.3. The third-order valence-corrected chi connectivity index (χ3v) is 4.72. The minimum atomic E-state index is -1.66. The average molecular weight is 356 g/mol. The summed E-state index contributed by atoms with van der Waals surface area (Å²) in [4.78, 5) is 22.9. The summed E-state index contributed by atoms with van der Waals surface area (Å²) < 4.78 is 37.1. The van der Waals surface area contributed by atoms with Crippen LogP contribution in [-0.4, -0.2) is 44.1 Å². The zero-order valence-corrected chi connectivity index (χ0v) is 15.0. The van der Waals surface area contributed by atoms with Crippen LogP contribution in [0.15, 0.2) is 0 Å². The summed E-state index contributed by atoms with van der Waals surface area (Å²) in [5.41, 5.74) is -1.45. The molecule has 130 valence electrons. The lowest BCUT2D eigenvalue weighted by atomic mass is 10.2. The average Bonchev–Trinajstić information content (AvgIpc) is 2.43. The number of hydrogen-bond acceptors (Lipinski definition) is 7. The molecule has 0 aliphatic rings. The summed E-state index contributed by atoms with van der Waals surface area (Å²) in [5, 5.41) is 0. The van der Waals surface area contributed by atoms with Crippen LogP contribution in [0.4, 0.5) is 0 Å². The molecular weight excluding hydrogens is 332 g/mol. The van der Waals surface area contributed by atoms with Gasteiger partial charge in [0.2, 0.25) is 0 Å². The fourth-order valence-electron chi connectivity index (χ4n) is 1.35. The summed E-state index contributed by atoms with van der Waals surface area (Å²) in [6, 6.07) is 0. The van der Waals surface area contributed by atoms with E-state index in [1.165, 1.54) is 13.2 Å². The van der Waals surface area contributed by atoms with Crippen molar-refractivity contribution in [1.82, 2.24) is 0 Å². The normalized spacial score (nSPS) is 16.4. The largest absolute Gasteiger partial charge is 0.449 e. The maximum atomic E-state index is 11.5. The molecule has 0 aliphatic carbocycles. The second-order valence-electron chi connectivity index (χ2n) is 4.49. The van der Waals surface area contributed by atoms with E-state index in [0.717, 1.165) is 0 Å². The Morgan fingerprint density at radius 2 is 1.41 bits per heavy atom. The number of rotatable bonds is 11. The lowest BCUT2D eigenvalue weighted by molar-refractivity contribution is -0.147. The van der Waals surface area contributed by atoms with Crippen molar-refractivity contribution in [2.75, 3.05) is 12.9 Å². The topological polar surface area (TPSA) is 96.0 Å². The van der Waals surface area contributed by atoms with Crippen molar-refractivity contribution < 1.29 is 31.7 Å². The van der Waals surface area contributed by atoms with Gasteiger partial charge in [0.25, 0.3) is 0 Å². The Balaban J connectivity index is 3.83. The Morgan fingerprint density at radius 3 is 1.82 bits per heavy atom. The molecule has 0 spiro atoms. The van der Waals surface area contributed by atoms with Gasteiger partial charge in [-0.1, -0.05) is 0 Å². The second-order valence-corrected chi connectivity index (χ2v) is 7.57. The Labute approximate surface area is 136 Å². The van der Waals surface area contributed by atoms with Crippen LogP contribution in [0.2, 0.25) is 0 Å². The maximum absolute atomic E-state index is 11.5. The van der Waals surface area contributed by atoms with E-state index in [4.69, 9.17) is 13.7 Å². The first-order valence-corrected chi connectivity index (χ1v) is 9.78. The number of ether oxygens (including phenoxy) is 2. The van der Waals surface area contributed by atoms with Gasteiger partial charge < -0.3 is 9.47 Å². The lowest BCUT2D eigenvalue weighted by Crippen LogP contribution is -2.21. The van der Waals surface area contributed by atoms with E-state index in [9.17, 15) is 18.0 Å². The Morgan fingerprint density at radius 1 is 0.955 bits per heavy atom. The minimum Gasteiger partial charge on any atom is -0.449 e. The fourth-order valence-corrected chi connectivity index (χ4v) is 2.20. The Bertz CT molecular complexity index is 411. The van der Waals surface area contributed by atoms with E-state index in [0.29, 0.717) is 12.8 Å². The molecule has 22 heavy (non-hydrogen) atoms. The second kappa shape index (κ2) is 11.7. The van der Waals surface area contributed by atoms with Crippen molar-refractivity contribution in [3.8, 4) is 0 Å². The van der Waals surface area contributed by atoms with Gasteiger partial charge in [0, 0.05) is 19.1 Å². The molecule has 0 saturated carbocycles. The van der Waals surface area contributed by atoms with Crippen molar-refractivity contribution in [2.24, 2.45) is 0 Å². The summed E-state index contributed by atoms with van der Waals surface area (Å²) in [5.74, 6) is -0.932. The molecule has 0 aromatic heterocycles. The highest BCUT2D eigenvalue weighted by atomic mass is 32.2. The zero-order valence-electron chi connectivity index (χ0n) is 13.4. The van der Waals surface area contributed by atoms with Gasteiger partial charge in [-0.15, -0.1) is 0 Å². The molecular formula is C13H24O7S2. The molecule has 0 aromatic rings. The monoisotopic (exact) mass is 356 g/mol. The smallest absolute Gasteiger partial charge is 0.307 e. The van der Waals surface area contributed by atoms with E-state index in [1.807, 2.05) is 0 Å². The van der Waals surface area contributed by atoms with Crippen LogP contribution in [-0.2, 0) is 45.1 Å². The van der Waals surface area contributed by atoms with E-state index in [2.05, 4.69) is 0 Å². The van der Waals surface area contributed by atoms with Gasteiger partial charge in [0.05, 0.1) is 17.4 Å². The molecule has 4 atom stereocenters. The lowest BCUT2D eigenvalue weighted by Gasteiger charge is -2.12. The first-order chi connectivity index (χ1) is 10.3. The van der Waals surface area contributed by atoms with Gasteiger partial charge in [-0.25, -0.2) is 4.21 Å². The number of hydrogen-bond donors (Lipinski definition) is 0. The summed E-state index contributed by atoms with van der Waals surface area (Å²) >= 11 is -1.66. The van der Waals surface area contributed by atoms with Crippen molar-refractivity contribution >= 4 is 33.8 Å². The van der Waals surface area contributed by atoms with Gasteiger partial charge in [0.1, 0.15) is 0 Å². The number of carbonyl (C=O) groups is 2. The van der Waals surface area contributed by atoms with Crippen molar-refractivity contribution in [3.63, 3.8) is 0 Å². The predicted octanol–water partition coefficient (Wildman–Crippen LogP) is 1.40. The number of carbonyl (C=O) groups excluding carboxylic acids is 2. The molecule has 0 rings (SSSR count). The summed E-state index contributed by atoms with van der Waals surface area (Å²) in [6.45, 7) is 5.02. The molecule has 7 nitrogen and oxygen atoms in total. The molecule has 0 radical (unpaired) electrons. The molecule has 0 bridgehead atoms. The first-order valence-electron chi connectivity index (χ1n) is 7.03. The molecule has 0 heterocycles. The number of esters is 2. The molecule has 0 fully saturated rings. The summed E-state index contributed by atoms with van der Waals surface area (Å²) in [7, 11) is -1.22. The standard InChI is InChI=1S/C13H24O7S2/c1-5-18-22(17)11(3)20-13(15)9-7-6-8-12(14)19-10(2)21(4)16/h10-11H,5-9H2,1-4H3. The quantitative estimate of drug-likeness (QED) is 0.408. The molecule has 4 unspecified atom stereocenters. The van der Waals surface area contributed by atoms with Crippen LogP contribution < -0.4 is 0 Å². The van der Waals surface area contributed by atoms with Crippen molar-refractivity contribution in [3.05, 3.63) is 0 Å². The highest BCUT2D eigenvalue weighted by Crippen LogP contribution is 2.08. The fraction of sp³-hybridized carbons (Fsp3) is 0.846. The van der Waals surface area contributed by atoms with Crippen LogP contribution in [0.5, 0.6) is 0 Å². The minimum absolute atomic E-state index is 0.121. The number of unbranched alkanes of at least 4 members (excludes halogenated alkanes) is 1. The van der Waals surface area contributed by atoms with E-state index in [1.54, 1.807) is 13.8 Å². The van der Waals surface area contributed by atoms with Gasteiger partial charge in [-0.05, 0) is 33.6 Å². The highest BCUT2D eigenvalue weighted by molar-refractivity contribution is 7.84. The maximum Gasteiger partial charge on any atom is 0.307 e. The third-order valence-electron chi connectivity index (χ3n) is 2.58. The van der Waals surface area contributed by atoms with E-state index < -0.39 is 44.7 Å². The third kappa shape index (κ3) is 10.0. The van der Waals surface area contributed by atoms with Gasteiger partial charge in [-0.2, -0.15) is 0 Å².